The number of ether oxygens (including phenoxy) is 2. The summed E-state index contributed by atoms with van der Waals surface area (Å²) >= 11 is 6.03. The zero-order chi connectivity index (χ0) is 35.8. The number of anilines is 2. The van der Waals surface area contributed by atoms with E-state index >= 15 is 0 Å². The SMILES string of the molecule is CCOC1C(OP(=O)(O)Oc2cccc(NC(=O)CBr)c2)C(COP(=O)(O)Oc2cccc(NC(=O)CBr)c2)OC1n1ccc(=O)[nH]c1=O.[Na+]. The van der Waals surface area contributed by atoms with Gasteiger partial charge in [0, 0.05) is 42.4 Å². The maximum Gasteiger partial charge on any atom is 1.00 e. The number of carbonyl (C=O) groups is 2. The summed E-state index contributed by atoms with van der Waals surface area (Å²) in [6.07, 6.45) is -4.73. The molecule has 2 heterocycles. The Hall–Kier alpha value is -2.16. The van der Waals surface area contributed by atoms with Crippen LogP contribution in [0.5, 0.6) is 11.5 Å². The summed E-state index contributed by atoms with van der Waals surface area (Å²) in [4.78, 5) is 71.3. The Morgan fingerprint density at radius 1 is 0.920 bits per heavy atom. The molecule has 5 N–H and O–H groups in total. The van der Waals surface area contributed by atoms with Crippen molar-refractivity contribution in [3.63, 3.8) is 0 Å². The molecule has 50 heavy (non-hydrogen) atoms. The molecule has 0 aliphatic carbocycles. The Morgan fingerprint density at radius 2 is 1.48 bits per heavy atom. The number of phosphoric acid groups is 2. The van der Waals surface area contributed by atoms with Crippen molar-refractivity contribution in [2.75, 3.05) is 34.5 Å². The Balaban J connectivity index is 0.00000676. The van der Waals surface area contributed by atoms with E-state index in [4.69, 9.17) is 27.6 Å². The summed E-state index contributed by atoms with van der Waals surface area (Å²) < 4.78 is 60.0. The van der Waals surface area contributed by atoms with Gasteiger partial charge in [-0.05, 0) is 31.2 Å². The first-order valence-electron chi connectivity index (χ1n) is 14.1. The van der Waals surface area contributed by atoms with Crippen LogP contribution in [-0.2, 0) is 37.2 Å². The fourth-order valence-corrected chi connectivity index (χ4v) is 6.51. The van der Waals surface area contributed by atoms with Crippen LogP contribution in [0.1, 0.15) is 13.2 Å². The van der Waals surface area contributed by atoms with Crippen LogP contribution in [0.3, 0.4) is 0 Å². The minimum Gasteiger partial charge on any atom is -0.404 e. The van der Waals surface area contributed by atoms with Crippen LogP contribution < -0.4 is 60.5 Å². The second-order valence-electron chi connectivity index (χ2n) is 9.91. The van der Waals surface area contributed by atoms with Crippen molar-refractivity contribution in [1.82, 2.24) is 9.55 Å². The van der Waals surface area contributed by atoms with Crippen LogP contribution in [0, 0.1) is 0 Å². The molecule has 4 rings (SSSR count). The molecular weight excluding hydrogens is 849 g/mol. The molecular formula is C27H30Br2N4NaO14P2+. The number of halogens is 2. The van der Waals surface area contributed by atoms with Gasteiger partial charge in [-0.2, -0.15) is 0 Å². The number of aromatic amines is 1. The molecule has 0 radical (unpaired) electrons. The molecule has 3 aromatic rings. The van der Waals surface area contributed by atoms with Gasteiger partial charge in [0.25, 0.3) is 5.56 Å². The molecule has 0 saturated carbocycles. The summed E-state index contributed by atoms with van der Waals surface area (Å²) in [7, 11) is -10.0. The van der Waals surface area contributed by atoms with Crippen LogP contribution >= 0.6 is 47.5 Å². The Kier molecular flexibility index (Phi) is 16.1. The van der Waals surface area contributed by atoms with Crippen molar-refractivity contribution in [2.45, 2.75) is 31.5 Å². The molecule has 2 amide bonds. The number of amides is 2. The van der Waals surface area contributed by atoms with E-state index < -0.39 is 63.9 Å². The maximum absolute atomic E-state index is 13.3. The van der Waals surface area contributed by atoms with Gasteiger partial charge >= 0.3 is 50.9 Å². The largest absolute Gasteiger partial charge is 1.00 e. The van der Waals surface area contributed by atoms with E-state index in [1.165, 1.54) is 48.5 Å². The number of nitrogens with zero attached hydrogens (tertiary/aromatic N) is 1. The predicted octanol–water partition coefficient (Wildman–Crippen LogP) is 0.270. The van der Waals surface area contributed by atoms with E-state index in [0.717, 1.165) is 16.8 Å². The number of carbonyl (C=O) groups excluding carboxylic acids is 2. The summed E-state index contributed by atoms with van der Waals surface area (Å²) in [6.45, 7) is 0.746. The molecule has 1 aliphatic heterocycles. The van der Waals surface area contributed by atoms with Crippen molar-refractivity contribution in [3.8, 4) is 11.5 Å². The summed E-state index contributed by atoms with van der Waals surface area (Å²) in [5.41, 5.74) is -1.12. The second kappa shape index (κ2) is 19.1. The van der Waals surface area contributed by atoms with Crippen molar-refractivity contribution >= 4 is 70.7 Å². The number of aromatic nitrogens is 2. The molecule has 1 fully saturated rings. The Morgan fingerprint density at radius 3 is 2.00 bits per heavy atom. The van der Waals surface area contributed by atoms with E-state index in [1.54, 1.807) is 6.92 Å². The predicted molar refractivity (Wildman–Crippen MR) is 180 cm³/mol. The van der Waals surface area contributed by atoms with Crippen LogP contribution in [-0.4, -0.2) is 73.3 Å². The number of H-pyrrole nitrogens is 1. The Labute approximate surface area is 322 Å². The molecule has 0 bridgehead atoms. The monoisotopic (exact) mass is 877 g/mol. The average Bonchev–Trinajstić information content (AvgIpc) is 3.35. The summed E-state index contributed by atoms with van der Waals surface area (Å²) in [5.74, 6) is -1.10. The van der Waals surface area contributed by atoms with Gasteiger partial charge in [-0.3, -0.25) is 42.8 Å². The van der Waals surface area contributed by atoms with E-state index in [0.29, 0.717) is 0 Å². The van der Waals surface area contributed by atoms with Crippen molar-refractivity contribution < 1.29 is 85.6 Å². The van der Waals surface area contributed by atoms with Gasteiger partial charge in [0.2, 0.25) is 11.8 Å². The molecule has 1 aliphatic rings. The molecule has 6 unspecified atom stereocenters. The summed E-state index contributed by atoms with van der Waals surface area (Å²) in [6, 6.07) is 12.1. The number of alkyl halides is 2. The minimum absolute atomic E-state index is 0. The van der Waals surface area contributed by atoms with Gasteiger partial charge in [0.05, 0.1) is 17.3 Å². The third kappa shape index (κ3) is 12.2. The first-order valence-corrected chi connectivity index (χ1v) is 19.3. The van der Waals surface area contributed by atoms with E-state index in [2.05, 4.69) is 47.5 Å². The molecule has 18 nitrogen and oxygen atoms in total. The van der Waals surface area contributed by atoms with Crippen LogP contribution in [0.4, 0.5) is 11.4 Å². The topological polar surface area (TPSA) is 243 Å². The van der Waals surface area contributed by atoms with Crippen LogP contribution in [0.2, 0.25) is 0 Å². The summed E-state index contributed by atoms with van der Waals surface area (Å²) in [5, 5.41) is 5.08. The molecule has 0 spiro atoms. The number of hydrogen-bond acceptors (Lipinski definition) is 12. The molecule has 2 aromatic carbocycles. The number of benzene rings is 2. The molecule has 23 heteroatoms. The fraction of sp³-hybridized carbons (Fsp3) is 0.333. The Bertz CT molecular complexity index is 1870. The zero-order valence-corrected chi connectivity index (χ0v) is 33.3. The molecule has 1 saturated heterocycles. The van der Waals surface area contributed by atoms with Crippen LogP contribution in [0.25, 0.3) is 0 Å². The van der Waals surface area contributed by atoms with E-state index in [1.807, 2.05) is 0 Å². The smallest absolute Gasteiger partial charge is 0.404 e. The van der Waals surface area contributed by atoms with E-state index in [9.17, 15) is 38.1 Å². The molecule has 266 valence electrons. The third-order valence-electron chi connectivity index (χ3n) is 6.35. The van der Waals surface area contributed by atoms with Gasteiger partial charge in [0.15, 0.2) is 6.23 Å². The van der Waals surface area contributed by atoms with Crippen LogP contribution in [0.15, 0.2) is 70.4 Å². The fourth-order valence-electron chi connectivity index (χ4n) is 4.48. The van der Waals surface area contributed by atoms with E-state index in [-0.39, 0.29) is 75.6 Å². The second-order valence-corrected chi connectivity index (χ2v) is 13.7. The maximum atomic E-state index is 13.3. The normalized spacial score (nSPS) is 20.8. The van der Waals surface area contributed by atoms with Gasteiger partial charge < -0.3 is 29.2 Å². The quantitative estimate of drug-likeness (QED) is 0.0738. The standard InChI is InChI=1S/C27H30Br2N4O14P2.Na/c1-2-42-25-24(47-49(40,41)46-19-8-4-6-17(12-19)31-23(36)14-29)20(44-26(25)33-10-9-21(34)32-27(33)37)15-43-48(38,39)45-18-7-3-5-16(11-18)30-22(35)13-28;/h3-12,20,24-26H,2,13-15H2,1H3,(H,30,35)(H,31,36)(H,38,39)(H,40,41)(H,32,34,37);/q;+1. The number of nitrogens with one attached hydrogen (secondary N) is 3. The first-order chi connectivity index (χ1) is 23.2. The van der Waals surface area contributed by atoms with Crippen molar-refractivity contribution in [2.24, 2.45) is 0 Å². The first kappa shape index (κ1) is 42.3. The number of phosphoric ester groups is 2. The van der Waals surface area contributed by atoms with Gasteiger partial charge in [-0.15, -0.1) is 0 Å². The minimum atomic E-state index is -5.08. The molecule has 6 atom stereocenters. The van der Waals surface area contributed by atoms with Gasteiger partial charge in [0.1, 0.15) is 29.8 Å². The third-order valence-corrected chi connectivity index (χ3v) is 9.23. The van der Waals surface area contributed by atoms with Crippen molar-refractivity contribution in [3.05, 3.63) is 81.6 Å². The number of hydrogen-bond donors (Lipinski definition) is 5. The number of rotatable bonds is 16. The van der Waals surface area contributed by atoms with Gasteiger partial charge in [-0.1, -0.05) is 44.0 Å². The molecule has 1 aromatic heterocycles. The van der Waals surface area contributed by atoms with Crippen molar-refractivity contribution in [1.29, 1.82) is 0 Å². The van der Waals surface area contributed by atoms with Gasteiger partial charge in [-0.25, -0.2) is 13.9 Å². The zero-order valence-electron chi connectivity index (χ0n) is 26.3. The average molecular weight is 879 g/mol.